The topological polar surface area (TPSA) is 27.7 Å². The molecule has 1 aliphatic rings. The predicted molar refractivity (Wildman–Crippen MR) is 115 cm³/mol. The van der Waals surface area contributed by atoms with E-state index in [0.29, 0.717) is 26.1 Å². The van der Waals surface area contributed by atoms with Gasteiger partial charge in [-0.2, -0.15) is 0 Å². The third-order valence-electron chi connectivity index (χ3n) is 5.63. The Hall–Kier alpha value is -2.05. The van der Waals surface area contributed by atoms with Gasteiger partial charge in [0.2, 0.25) is 0 Å². The summed E-state index contributed by atoms with van der Waals surface area (Å²) >= 11 is 0. The van der Waals surface area contributed by atoms with Crippen molar-refractivity contribution in [2.45, 2.75) is 64.6 Å². The Balaban J connectivity index is 1.63. The lowest BCUT2D eigenvalue weighted by Gasteiger charge is -2.29. The largest absolute Gasteiger partial charge is 0.491 e. The summed E-state index contributed by atoms with van der Waals surface area (Å²) in [5.41, 5.74) is 0.572. The highest BCUT2D eigenvalue weighted by Gasteiger charge is 2.27. The minimum absolute atomic E-state index is 0.0215. The molecule has 1 saturated heterocycles. The molecule has 1 fully saturated rings. The first-order valence-electron chi connectivity index (χ1n) is 11.2. The Morgan fingerprint density at radius 3 is 2.48 bits per heavy atom. The lowest BCUT2D eigenvalue weighted by molar-refractivity contribution is -0.168. The summed E-state index contributed by atoms with van der Waals surface area (Å²) in [6.07, 6.45) is 5.54. The van der Waals surface area contributed by atoms with Crippen LogP contribution in [0.1, 0.15) is 63.9 Å². The molecule has 0 saturated carbocycles. The Morgan fingerprint density at radius 1 is 0.968 bits per heavy atom. The molecule has 0 bridgehead atoms. The fourth-order valence-corrected chi connectivity index (χ4v) is 3.89. The van der Waals surface area contributed by atoms with E-state index in [9.17, 15) is 13.2 Å². The molecule has 2 unspecified atom stereocenters. The first-order valence-corrected chi connectivity index (χ1v) is 11.2. The van der Waals surface area contributed by atoms with Gasteiger partial charge >= 0.3 is 0 Å². The standard InChI is InChI=1S/C25H31F3O3/c1-3-5-6-7-14-30-23-13-9-18(16-31-23)20-11-10-19(24(27)25(20)28)17-8-12-22(29-4-2)21(26)15-17/h8,10-12,15,18,23H,3-7,9,13-14,16H2,1-2H3. The normalized spacial score (nSPS) is 18.9. The van der Waals surface area contributed by atoms with Gasteiger partial charge in [-0.15, -0.1) is 0 Å². The number of halogens is 3. The van der Waals surface area contributed by atoms with E-state index in [2.05, 4.69) is 6.92 Å². The molecule has 2 atom stereocenters. The molecule has 1 aliphatic heterocycles. The van der Waals surface area contributed by atoms with Crippen LogP contribution in [0.4, 0.5) is 13.2 Å². The van der Waals surface area contributed by atoms with Gasteiger partial charge in [0.05, 0.1) is 13.2 Å². The monoisotopic (exact) mass is 436 g/mol. The Kier molecular flexibility index (Phi) is 8.79. The van der Waals surface area contributed by atoms with Crippen LogP contribution >= 0.6 is 0 Å². The summed E-state index contributed by atoms with van der Waals surface area (Å²) in [5, 5.41) is 0. The zero-order valence-corrected chi connectivity index (χ0v) is 18.3. The highest BCUT2D eigenvalue weighted by molar-refractivity contribution is 5.66. The molecule has 0 aliphatic carbocycles. The fraction of sp³-hybridized carbons (Fsp3) is 0.520. The van der Waals surface area contributed by atoms with Crippen molar-refractivity contribution in [3.63, 3.8) is 0 Å². The second kappa shape index (κ2) is 11.5. The van der Waals surface area contributed by atoms with Crippen molar-refractivity contribution in [2.75, 3.05) is 19.8 Å². The predicted octanol–water partition coefficient (Wildman–Crippen LogP) is 6.99. The van der Waals surface area contributed by atoms with Gasteiger partial charge in [0.1, 0.15) is 0 Å². The summed E-state index contributed by atoms with van der Waals surface area (Å²) in [7, 11) is 0. The maximum absolute atomic E-state index is 14.9. The number of rotatable bonds is 10. The Morgan fingerprint density at radius 2 is 1.81 bits per heavy atom. The van der Waals surface area contributed by atoms with E-state index in [0.717, 1.165) is 18.9 Å². The van der Waals surface area contributed by atoms with Crippen LogP contribution in [0.2, 0.25) is 0 Å². The maximum Gasteiger partial charge on any atom is 0.166 e. The number of benzene rings is 2. The Labute approximate surface area is 182 Å². The van der Waals surface area contributed by atoms with Gasteiger partial charge in [0, 0.05) is 18.1 Å². The molecule has 0 spiro atoms. The molecular formula is C25H31F3O3. The number of hydrogen-bond donors (Lipinski definition) is 0. The molecular weight excluding hydrogens is 405 g/mol. The van der Waals surface area contributed by atoms with Crippen LogP contribution in [0.15, 0.2) is 30.3 Å². The maximum atomic E-state index is 14.9. The molecule has 1 heterocycles. The van der Waals surface area contributed by atoms with Gasteiger partial charge in [0.15, 0.2) is 29.5 Å². The van der Waals surface area contributed by atoms with Crippen molar-refractivity contribution in [1.82, 2.24) is 0 Å². The van der Waals surface area contributed by atoms with Crippen molar-refractivity contribution in [1.29, 1.82) is 0 Å². The molecule has 31 heavy (non-hydrogen) atoms. The van der Waals surface area contributed by atoms with Crippen LogP contribution in [-0.2, 0) is 9.47 Å². The van der Waals surface area contributed by atoms with E-state index in [1.54, 1.807) is 13.0 Å². The zero-order chi connectivity index (χ0) is 22.2. The molecule has 170 valence electrons. The number of ether oxygens (including phenoxy) is 3. The van der Waals surface area contributed by atoms with Crippen LogP contribution in [0.5, 0.6) is 5.75 Å². The van der Waals surface area contributed by atoms with Crippen LogP contribution < -0.4 is 4.74 Å². The average molecular weight is 437 g/mol. The molecule has 2 aromatic rings. The van der Waals surface area contributed by atoms with Gasteiger partial charge in [-0.1, -0.05) is 44.4 Å². The highest BCUT2D eigenvalue weighted by atomic mass is 19.2. The minimum Gasteiger partial charge on any atom is -0.491 e. The summed E-state index contributed by atoms with van der Waals surface area (Å²) < 4.78 is 60.5. The van der Waals surface area contributed by atoms with Crippen LogP contribution in [-0.4, -0.2) is 26.1 Å². The molecule has 0 radical (unpaired) electrons. The van der Waals surface area contributed by atoms with E-state index in [1.165, 1.54) is 31.0 Å². The third-order valence-corrected chi connectivity index (χ3v) is 5.63. The summed E-state index contributed by atoms with van der Waals surface area (Å²) in [5.74, 6) is -2.63. The lowest BCUT2D eigenvalue weighted by Crippen LogP contribution is -2.28. The van der Waals surface area contributed by atoms with Gasteiger partial charge in [-0.25, -0.2) is 13.2 Å². The summed E-state index contributed by atoms with van der Waals surface area (Å²) in [4.78, 5) is 0. The van der Waals surface area contributed by atoms with Gasteiger partial charge < -0.3 is 14.2 Å². The average Bonchev–Trinajstić information content (AvgIpc) is 2.78. The summed E-state index contributed by atoms with van der Waals surface area (Å²) in [6.45, 7) is 5.18. The minimum atomic E-state index is -0.977. The van der Waals surface area contributed by atoms with Gasteiger partial charge in [-0.3, -0.25) is 0 Å². The van der Waals surface area contributed by atoms with E-state index in [4.69, 9.17) is 14.2 Å². The van der Waals surface area contributed by atoms with Crippen molar-refractivity contribution in [3.05, 3.63) is 53.3 Å². The SMILES string of the molecule is CCCCCCOC1CCC(c2ccc(-c3ccc(OCC)c(F)c3)c(F)c2F)CO1. The first-order chi connectivity index (χ1) is 15.0. The second-order valence-corrected chi connectivity index (χ2v) is 7.88. The molecule has 0 amide bonds. The molecule has 3 nitrogen and oxygen atoms in total. The van der Waals surface area contributed by atoms with E-state index < -0.39 is 17.5 Å². The molecule has 2 aromatic carbocycles. The van der Waals surface area contributed by atoms with Crippen LogP contribution in [0.3, 0.4) is 0 Å². The van der Waals surface area contributed by atoms with E-state index in [-0.39, 0.29) is 41.3 Å². The quantitative estimate of drug-likeness (QED) is 0.376. The molecule has 0 aromatic heterocycles. The van der Waals surface area contributed by atoms with E-state index >= 15 is 0 Å². The van der Waals surface area contributed by atoms with E-state index in [1.807, 2.05) is 0 Å². The van der Waals surface area contributed by atoms with Crippen molar-refractivity contribution >= 4 is 0 Å². The zero-order valence-electron chi connectivity index (χ0n) is 18.3. The highest BCUT2D eigenvalue weighted by Crippen LogP contribution is 2.35. The molecule has 3 rings (SSSR count). The van der Waals surface area contributed by atoms with Crippen molar-refractivity contribution < 1.29 is 27.4 Å². The van der Waals surface area contributed by atoms with Gasteiger partial charge in [0.25, 0.3) is 0 Å². The number of hydrogen-bond acceptors (Lipinski definition) is 3. The van der Waals surface area contributed by atoms with Crippen LogP contribution in [0, 0.1) is 17.5 Å². The second-order valence-electron chi connectivity index (χ2n) is 7.88. The lowest BCUT2D eigenvalue weighted by atomic mass is 9.90. The Bertz CT molecular complexity index is 848. The number of unbranched alkanes of at least 4 members (excludes halogenated alkanes) is 3. The van der Waals surface area contributed by atoms with Gasteiger partial charge in [-0.05, 0) is 49.4 Å². The first kappa shape index (κ1) is 23.6. The van der Waals surface area contributed by atoms with Crippen LogP contribution in [0.25, 0.3) is 11.1 Å². The summed E-state index contributed by atoms with van der Waals surface area (Å²) in [6, 6.07) is 7.19. The fourth-order valence-electron chi connectivity index (χ4n) is 3.89. The molecule has 0 N–H and O–H groups in total. The third kappa shape index (κ3) is 6.01. The van der Waals surface area contributed by atoms with Crippen molar-refractivity contribution in [2.24, 2.45) is 0 Å². The molecule has 6 heteroatoms. The smallest absolute Gasteiger partial charge is 0.166 e. The van der Waals surface area contributed by atoms with Crippen molar-refractivity contribution in [3.8, 4) is 16.9 Å².